The third kappa shape index (κ3) is 7.84. The van der Waals surface area contributed by atoms with E-state index < -0.39 is 10.8 Å². The molecule has 0 atom stereocenters. The summed E-state index contributed by atoms with van der Waals surface area (Å²) in [7, 11) is 0. The van der Waals surface area contributed by atoms with Gasteiger partial charge in [0.15, 0.2) is 0 Å². The maximum absolute atomic E-state index is 2.56. The van der Waals surface area contributed by atoms with Gasteiger partial charge in [-0.25, -0.2) is 0 Å². The average molecular weight is 1020 g/mol. The van der Waals surface area contributed by atoms with Gasteiger partial charge in [0.1, 0.15) is 0 Å². The zero-order valence-electron chi connectivity index (χ0n) is 46.6. The molecule has 0 saturated carbocycles. The molecule has 3 heteroatoms. The van der Waals surface area contributed by atoms with E-state index in [9.17, 15) is 0 Å². The SMILES string of the molecule is Cc1ccc(N(c2ccc(C)c(C)c2)c2ccc3c(c2)C(c2ccccc2)(c2ccccc2)c2cccc4c2B3c2ccc(N(c3ccc(C)c(C)c3)c3ccc(C)c(C)c3)cc2C4(c2ccccc2)c2ccccc2)cc1C. The summed E-state index contributed by atoms with van der Waals surface area (Å²) < 4.78 is 0. The van der Waals surface area contributed by atoms with E-state index in [1.807, 2.05) is 0 Å². The second kappa shape index (κ2) is 19.5. The number of hydrogen-bond donors (Lipinski definition) is 0. The molecule has 11 aromatic carbocycles. The summed E-state index contributed by atoms with van der Waals surface area (Å²) in [6.07, 6.45) is 0. The first-order valence-corrected chi connectivity index (χ1v) is 28.0. The molecule has 2 aliphatic heterocycles. The van der Waals surface area contributed by atoms with Gasteiger partial charge in [0, 0.05) is 34.1 Å². The highest BCUT2D eigenvalue weighted by atomic mass is 15.1. The fraction of sp³-hybridized carbons (Fsp3) is 0.132. The van der Waals surface area contributed by atoms with Crippen molar-refractivity contribution in [3.8, 4) is 0 Å². The van der Waals surface area contributed by atoms with Crippen LogP contribution in [0.3, 0.4) is 0 Å². The van der Waals surface area contributed by atoms with Crippen molar-refractivity contribution in [1.82, 2.24) is 0 Å². The molecular formula is C76H65BN2. The zero-order chi connectivity index (χ0) is 54.2. The number of hydrogen-bond acceptors (Lipinski definition) is 2. The van der Waals surface area contributed by atoms with Gasteiger partial charge < -0.3 is 9.80 Å². The van der Waals surface area contributed by atoms with Crippen LogP contribution in [0.4, 0.5) is 34.1 Å². The normalized spacial score (nSPS) is 13.5. The smallest absolute Gasteiger partial charge is 0.242 e. The molecule has 0 fully saturated rings. The summed E-state index contributed by atoms with van der Waals surface area (Å²) in [5, 5.41) is 0. The molecule has 2 heterocycles. The van der Waals surface area contributed by atoms with E-state index in [0.717, 1.165) is 34.1 Å². The monoisotopic (exact) mass is 1020 g/mol. The van der Waals surface area contributed by atoms with E-state index in [4.69, 9.17) is 0 Å². The third-order valence-corrected chi connectivity index (χ3v) is 18.0. The van der Waals surface area contributed by atoms with Gasteiger partial charge in [0.05, 0.1) is 10.8 Å². The molecule has 0 bridgehead atoms. The minimum absolute atomic E-state index is 0.117. The lowest BCUT2D eigenvalue weighted by molar-refractivity contribution is 0.723. The van der Waals surface area contributed by atoms with Crippen LogP contribution in [0.15, 0.2) is 249 Å². The van der Waals surface area contributed by atoms with Crippen LogP contribution in [0.5, 0.6) is 0 Å². The van der Waals surface area contributed by atoms with E-state index in [-0.39, 0.29) is 6.71 Å². The molecule has 0 aromatic heterocycles. The Hall–Kier alpha value is -8.92. The largest absolute Gasteiger partial charge is 0.310 e. The van der Waals surface area contributed by atoms with Crippen LogP contribution in [0.2, 0.25) is 0 Å². The van der Waals surface area contributed by atoms with Crippen molar-refractivity contribution in [3.05, 3.63) is 338 Å². The van der Waals surface area contributed by atoms with Crippen LogP contribution >= 0.6 is 0 Å². The summed E-state index contributed by atoms with van der Waals surface area (Å²) in [6, 6.07) is 95.3. The Bertz CT molecular complexity index is 3680. The summed E-state index contributed by atoms with van der Waals surface area (Å²) in [6.45, 7) is 17.6. The molecule has 0 N–H and O–H groups in total. The molecule has 13 rings (SSSR count). The van der Waals surface area contributed by atoms with E-state index >= 15 is 0 Å². The van der Waals surface area contributed by atoms with E-state index in [1.165, 1.54) is 105 Å². The van der Waals surface area contributed by atoms with Crippen LogP contribution < -0.4 is 26.2 Å². The van der Waals surface area contributed by atoms with Crippen LogP contribution in [-0.4, -0.2) is 6.71 Å². The highest BCUT2D eigenvalue weighted by molar-refractivity contribution is 6.97. The number of rotatable bonds is 10. The predicted molar refractivity (Wildman–Crippen MR) is 335 cm³/mol. The molecule has 0 aliphatic carbocycles. The highest BCUT2D eigenvalue weighted by Gasteiger charge is 2.55. The van der Waals surface area contributed by atoms with E-state index in [2.05, 4.69) is 314 Å². The number of anilines is 6. The Morgan fingerprint density at radius 2 is 0.506 bits per heavy atom. The molecule has 382 valence electrons. The summed E-state index contributed by atoms with van der Waals surface area (Å²) in [5.41, 5.74) is 29.6. The lowest BCUT2D eigenvalue weighted by Crippen LogP contribution is -2.68. The van der Waals surface area contributed by atoms with Crippen LogP contribution in [-0.2, 0) is 10.8 Å². The summed E-state index contributed by atoms with van der Waals surface area (Å²) in [5.74, 6) is 0. The molecule has 2 nitrogen and oxygen atoms in total. The molecular weight excluding hydrogens is 952 g/mol. The van der Waals surface area contributed by atoms with Gasteiger partial charge in [0.25, 0.3) is 0 Å². The van der Waals surface area contributed by atoms with E-state index in [0.29, 0.717) is 0 Å². The Morgan fingerprint density at radius 3 is 0.785 bits per heavy atom. The van der Waals surface area contributed by atoms with Crippen molar-refractivity contribution in [2.75, 3.05) is 9.80 Å². The molecule has 0 unspecified atom stereocenters. The van der Waals surface area contributed by atoms with Crippen molar-refractivity contribution < 1.29 is 0 Å². The van der Waals surface area contributed by atoms with Crippen LogP contribution in [0, 0.1) is 55.4 Å². The zero-order valence-corrected chi connectivity index (χ0v) is 46.6. The molecule has 11 aromatic rings. The van der Waals surface area contributed by atoms with Gasteiger partial charge in [-0.2, -0.15) is 0 Å². The topological polar surface area (TPSA) is 6.48 Å². The maximum Gasteiger partial charge on any atom is 0.242 e. The molecule has 0 spiro atoms. The number of benzene rings is 11. The van der Waals surface area contributed by atoms with Gasteiger partial charge >= 0.3 is 0 Å². The lowest BCUT2D eigenvalue weighted by Gasteiger charge is -2.51. The minimum atomic E-state index is -0.728. The minimum Gasteiger partial charge on any atom is -0.310 e. The number of fused-ring (bicyclic) bond motifs is 4. The van der Waals surface area contributed by atoms with Crippen LogP contribution in [0.25, 0.3) is 0 Å². The Labute approximate surface area is 468 Å². The van der Waals surface area contributed by atoms with Gasteiger partial charge in [0.2, 0.25) is 6.71 Å². The standard InChI is InChI=1S/C76H65BN2/c1-50-32-36-62(44-54(50)5)78(63-37-33-51(2)55(6)45-63)66-40-42-72-70(48-66)75(58-22-13-9-14-23-58,59-24-15-10-16-25-59)68-30-21-31-69-74(68)77(72)73-43-41-67(49-71(73)76(69,60-26-17-11-18-27-60)61-28-19-12-20-29-61)79(64-38-34-52(3)56(7)46-64)65-39-35-53(4)57(8)47-65/h9-49H,1-8H3. The Kier molecular flexibility index (Phi) is 12.3. The Balaban J connectivity index is 1.18. The number of aryl methyl sites for hydroxylation is 8. The van der Waals surface area contributed by atoms with Gasteiger partial charge in [-0.1, -0.05) is 192 Å². The summed E-state index contributed by atoms with van der Waals surface area (Å²) >= 11 is 0. The van der Waals surface area contributed by atoms with Gasteiger partial charge in [-0.15, -0.1) is 0 Å². The van der Waals surface area contributed by atoms with Gasteiger partial charge in [-0.3, -0.25) is 0 Å². The second-order valence-electron chi connectivity index (χ2n) is 22.5. The van der Waals surface area contributed by atoms with Crippen molar-refractivity contribution in [3.63, 3.8) is 0 Å². The van der Waals surface area contributed by atoms with E-state index in [1.54, 1.807) is 0 Å². The molecule has 0 radical (unpaired) electrons. The van der Waals surface area contributed by atoms with Crippen molar-refractivity contribution in [1.29, 1.82) is 0 Å². The molecule has 79 heavy (non-hydrogen) atoms. The fourth-order valence-corrected chi connectivity index (χ4v) is 13.5. The number of nitrogens with zero attached hydrogens (tertiary/aromatic N) is 2. The molecule has 0 saturated heterocycles. The summed E-state index contributed by atoms with van der Waals surface area (Å²) in [4.78, 5) is 4.97. The first kappa shape index (κ1) is 49.6. The predicted octanol–water partition coefficient (Wildman–Crippen LogP) is 17.0. The fourth-order valence-electron chi connectivity index (χ4n) is 13.5. The van der Waals surface area contributed by atoms with Crippen molar-refractivity contribution >= 4 is 57.2 Å². The molecule has 2 aliphatic rings. The van der Waals surface area contributed by atoms with Crippen molar-refractivity contribution in [2.24, 2.45) is 0 Å². The average Bonchev–Trinajstić information content (AvgIpc) is 2.14. The third-order valence-electron chi connectivity index (χ3n) is 18.0. The lowest BCUT2D eigenvalue weighted by atomic mass is 9.26. The quantitative estimate of drug-likeness (QED) is 0.126. The van der Waals surface area contributed by atoms with Gasteiger partial charge in [-0.05, 0) is 217 Å². The van der Waals surface area contributed by atoms with Crippen molar-refractivity contribution in [2.45, 2.75) is 66.2 Å². The van der Waals surface area contributed by atoms with Crippen LogP contribution in [0.1, 0.15) is 89.0 Å². The highest BCUT2D eigenvalue weighted by Crippen LogP contribution is 2.54. The second-order valence-corrected chi connectivity index (χ2v) is 22.5. The Morgan fingerprint density at radius 1 is 0.241 bits per heavy atom. The molecule has 0 amide bonds. The first-order valence-electron chi connectivity index (χ1n) is 28.0. The maximum atomic E-state index is 2.56. The first-order chi connectivity index (χ1) is 38.5.